The van der Waals surface area contributed by atoms with Gasteiger partial charge in [0.25, 0.3) is 5.91 Å². The molecule has 7 heteroatoms. The summed E-state index contributed by atoms with van der Waals surface area (Å²) in [4.78, 5) is 21.3. The maximum atomic E-state index is 12.7. The zero-order chi connectivity index (χ0) is 15.4. The maximum absolute atomic E-state index is 12.7. The molecule has 6 nitrogen and oxygen atoms in total. The van der Waals surface area contributed by atoms with Crippen molar-refractivity contribution in [1.29, 1.82) is 0 Å². The van der Waals surface area contributed by atoms with E-state index < -0.39 is 0 Å². The van der Waals surface area contributed by atoms with Gasteiger partial charge in [0.15, 0.2) is 5.13 Å². The number of aromatic nitrogens is 1. The molecule has 0 aliphatic carbocycles. The molecule has 2 N–H and O–H groups in total. The van der Waals surface area contributed by atoms with Gasteiger partial charge in [0, 0.05) is 33.3 Å². The predicted octanol–water partition coefficient (Wildman–Crippen LogP) is 1.82. The van der Waals surface area contributed by atoms with Crippen molar-refractivity contribution in [2.75, 3.05) is 43.9 Å². The lowest BCUT2D eigenvalue weighted by atomic mass is 10.2. The van der Waals surface area contributed by atoms with E-state index in [1.54, 1.807) is 4.90 Å². The minimum absolute atomic E-state index is 0.0428. The van der Waals surface area contributed by atoms with Crippen molar-refractivity contribution in [2.45, 2.75) is 32.8 Å². The molecule has 1 aliphatic heterocycles. The number of hydrogen-bond donors (Lipinski definition) is 1. The van der Waals surface area contributed by atoms with Crippen LogP contribution in [0.5, 0.6) is 0 Å². The molecule has 0 aromatic carbocycles. The second-order valence-corrected chi connectivity index (χ2v) is 6.18. The predicted molar refractivity (Wildman–Crippen MR) is 86.0 cm³/mol. The second-order valence-electron chi connectivity index (χ2n) is 5.20. The van der Waals surface area contributed by atoms with Crippen LogP contribution in [-0.2, 0) is 4.74 Å². The minimum atomic E-state index is -0.0428. The van der Waals surface area contributed by atoms with Crippen LogP contribution in [0, 0.1) is 0 Å². The molecule has 0 radical (unpaired) electrons. The summed E-state index contributed by atoms with van der Waals surface area (Å²) >= 11 is 1.36. The molecule has 21 heavy (non-hydrogen) atoms. The standard InChI is InChI=1S/C14H24N4O2S/c1-4-17(3)14-16-12(15)11(21-14)13(19)18(5-2)9-10-7-6-8-20-10/h10H,4-9,15H2,1-3H3. The third kappa shape index (κ3) is 3.65. The number of anilines is 2. The van der Waals surface area contributed by atoms with Crippen LogP contribution in [0.3, 0.4) is 0 Å². The molecule has 1 aromatic heterocycles. The molecular formula is C14H24N4O2S. The van der Waals surface area contributed by atoms with Crippen LogP contribution < -0.4 is 10.6 Å². The number of hydrogen-bond acceptors (Lipinski definition) is 6. The molecule has 0 saturated carbocycles. The summed E-state index contributed by atoms with van der Waals surface area (Å²) in [5.41, 5.74) is 5.93. The molecule has 1 aliphatic rings. The van der Waals surface area contributed by atoms with Gasteiger partial charge in [-0.15, -0.1) is 0 Å². The quantitative estimate of drug-likeness (QED) is 0.867. The first-order valence-corrected chi connectivity index (χ1v) is 8.26. The highest BCUT2D eigenvalue weighted by molar-refractivity contribution is 7.18. The molecule has 1 amide bonds. The first-order chi connectivity index (χ1) is 10.1. The molecule has 0 bridgehead atoms. The first-order valence-electron chi connectivity index (χ1n) is 7.45. The van der Waals surface area contributed by atoms with E-state index in [2.05, 4.69) is 4.98 Å². The minimum Gasteiger partial charge on any atom is -0.382 e. The molecule has 1 unspecified atom stereocenters. The number of rotatable bonds is 6. The van der Waals surface area contributed by atoms with E-state index in [1.807, 2.05) is 25.8 Å². The molecular weight excluding hydrogens is 288 g/mol. The molecule has 1 fully saturated rings. The Bertz CT molecular complexity index is 485. The Morgan fingerprint density at radius 3 is 2.81 bits per heavy atom. The van der Waals surface area contributed by atoms with E-state index in [-0.39, 0.29) is 12.0 Å². The van der Waals surface area contributed by atoms with Crippen molar-refractivity contribution >= 4 is 28.2 Å². The zero-order valence-corrected chi connectivity index (χ0v) is 13.8. The number of nitrogen functional groups attached to an aromatic ring is 1. The Morgan fingerprint density at radius 1 is 1.48 bits per heavy atom. The summed E-state index contributed by atoms with van der Waals surface area (Å²) in [6.07, 6.45) is 2.25. The van der Waals surface area contributed by atoms with Crippen LogP contribution in [0.2, 0.25) is 0 Å². The average molecular weight is 312 g/mol. The summed E-state index contributed by atoms with van der Waals surface area (Å²) in [6, 6.07) is 0. The van der Waals surface area contributed by atoms with Gasteiger partial charge in [-0.1, -0.05) is 11.3 Å². The van der Waals surface area contributed by atoms with Gasteiger partial charge in [-0.05, 0) is 26.7 Å². The van der Waals surface area contributed by atoms with E-state index in [0.29, 0.717) is 23.8 Å². The van der Waals surface area contributed by atoms with Gasteiger partial charge in [0.2, 0.25) is 0 Å². The highest BCUT2D eigenvalue weighted by atomic mass is 32.1. The lowest BCUT2D eigenvalue weighted by Gasteiger charge is -2.23. The van der Waals surface area contributed by atoms with Crippen molar-refractivity contribution in [3.8, 4) is 0 Å². The van der Waals surface area contributed by atoms with Crippen molar-refractivity contribution < 1.29 is 9.53 Å². The fourth-order valence-corrected chi connectivity index (χ4v) is 3.28. The SMILES string of the molecule is CCN(CC1CCCO1)C(=O)c1sc(N(C)CC)nc1N. The van der Waals surface area contributed by atoms with Crippen molar-refractivity contribution in [2.24, 2.45) is 0 Å². The highest BCUT2D eigenvalue weighted by Gasteiger charge is 2.26. The summed E-state index contributed by atoms with van der Waals surface area (Å²) in [7, 11) is 1.94. The normalized spacial score (nSPS) is 18.0. The van der Waals surface area contributed by atoms with Gasteiger partial charge < -0.3 is 20.3 Å². The van der Waals surface area contributed by atoms with Gasteiger partial charge >= 0.3 is 0 Å². The molecule has 1 saturated heterocycles. The Balaban J connectivity index is 2.11. The van der Waals surface area contributed by atoms with Gasteiger partial charge in [-0.25, -0.2) is 4.98 Å². The lowest BCUT2D eigenvalue weighted by Crippen LogP contribution is -2.37. The number of carbonyl (C=O) groups is 1. The van der Waals surface area contributed by atoms with Crippen molar-refractivity contribution in [3.63, 3.8) is 0 Å². The van der Waals surface area contributed by atoms with E-state index in [4.69, 9.17) is 10.5 Å². The number of ether oxygens (including phenoxy) is 1. The monoisotopic (exact) mass is 312 g/mol. The molecule has 118 valence electrons. The van der Waals surface area contributed by atoms with Gasteiger partial charge in [0.1, 0.15) is 10.7 Å². The van der Waals surface area contributed by atoms with E-state index in [9.17, 15) is 4.79 Å². The van der Waals surface area contributed by atoms with E-state index >= 15 is 0 Å². The summed E-state index contributed by atoms with van der Waals surface area (Å²) in [5.74, 6) is 0.282. The zero-order valence-electron chi connectivity index (χ0n) is 13.0. The molecule has 0 spiro atoms. The lowest BCUT2D eigenvalue weighted by molar-refractivity contribution is 0.0543. The largest absolute Gasteiger partial charge is 0.382 e. The number of carbonyl (C=O) groups excluding carboxylic acids is 1. The van der Waals surface area contributed by atoms with Crippen molar-refractivity contribution in [3.05, 3.63) is 4.88 Å². The smallest absolute Gasteiger partial charge is 0.267 e. The highest BCUT2D eigenvalue weighted by Crippen LogP contribution is 2.28. The van der Waals surface area contributed by atoms with E-state index in [1.165, 1.54) is 11.3 Å². The fourth-order valence-electron chi connectivity index (χ4n) is 2.31. The number of nitrogens with two attached hydrogens (primary N) is 1. The van der Waals surface area contributed by atoms with Crippen LogP contribution in [0.15, 0.2) is 0 Å². The van der Waals surface area contributed by atoms with Gasteiger partial charge in [-0.2, -0.15) is 0 Å². The number of thiazole rings is 1. The Hall–Kier alpha value is -1.34. The van der Waals surface area contributed by atoms with Crippen LogP contribution in [0.4, 0.5) is 10.9 Å². The Morgan fingerprint density at radius 2 is 2.24 bits per heavy atom. The molecule has 2 rings (SSSR count). The third-order valence-corrected chi connectivity index (χ3v) is 4.93. The molecule has 2 heterocycles. The van der Waals surface area contributed by atoms with E-state index in [0.717, 1.165) is 31.1 Å². The number of amides is 1. The van der Waals surface area contributed by atoms with Crippen LogP contribution in [0.25, 0.3) is 0 Å². The number of likely N-dealkylation sites (N-methyl/N-ethyl adjacent to an activating group) is 1. The molecule has 1 aromatic rings. The number of nitrogens with zero attached hydrogens (tertiary/aromatic N) is 3. The fraction of sp³-hybridized carbons (Fsp3) is 0.714. The summed E-state index contributed by atoms with van der Waals surface area (Å²) in [5, 5.41) is 0.784. The van der Waals surface area contributed by atoms with Crippen LogP contribution >= 0.6 is 11.3 Å². The maximum Gasteiger partial charge on any atom is 0.267 e. The van der Waals surface area contributed by atoms with Crippen molar-refractivity contribution in [1.82, 2.24) is 9.88 Å². The average Bonchev–Trinajstić information content (AvgIpc) is 3.12. The van der Waals surface area contributed by atoms with Crippen LogP contribution in [-0.4, -0.2) is 55.2 Å². The van der Waals surface area contributed by atoms with Gasteiger partial charge in [-0.3, -0.25) is 4.79 Å². The third-order valence-electron chi connectivity index (χ3n) is 3.75. The second kappa shape index (κ2) is 7.09. The van der Waals surface area contributed by atoms with Gasteiger partial charge in [0.05, 0.1) is 6.10 Å². The van der Waals surface area contributed by atoms with Crippen LogP contribution in [0.1, 0.15) is 36.4 Å². The Kier molecular flexibility index (Phi) is 5.41. The first kappa shape index (κ1) is 16.0. The summed E-state index contributed by atoms with van der Waals surface area (Å²) < 4.78 is 5.62. The molecule has 1 atom stereocenters. The topological polar surface area (TPSA) is 71.7 Å². The summed E-state index contributed by atoms with van der Waals surface area (Å²) in [6.45, 7) is 6.91. The Labute approximate surface area is 129 Å².